The van der Waals surface area contributed by atoms with Crippen LogP contribution in [0.15, 0.2) is 0 Å². The van der Waals surface area contributed by atoms with E-state index in [1.807, 2.05) is 0 Å². The molecular formula is C13H25N3O. The van der Waals surface area contributed by atoms with Crippen LogP contribution in [0.25, 0.3) is 0 Å². The largest absolute Gasteiger partial charge is 0.341 e. The molecule has 3 unspecified atom stereocenters. The van der Waals surface area contributed by atoms with Crippen LogP contribution < -0.4 is 5.32 Å². The highest BCUT2D eigenvalue weighted by Crippen LogP contribution is 2.24. The zero-order chi connectivity index (χ0) is 12.4. The number of carbonyl (C=O) groups is 1. The summed E-state index contributed by atoms with van der Waals surface area (Å²) in [6.07, 6.45) is 2.13. The Balaban J connectivity index is 1.92. The quantitative estimate of drug-likeness (QED) is 0.757. The molecule has 0 aromatic rings. The first kappa shape index (κ1) is 12.8. The van der Waals surface area contributed by atoms with Crippen molar-refractivity contribution in [3.05, 3.63) is 0 Å². The second-order valence-electron chi connectivity index (χ2n) is 5.77. The van der Waals surface area contributed by atoms with E-state index < -0.39 is 0 Å². The van der Waals surface area contributed by atoms with Crippen LogP contribution in [0.1, 0.15) is 19.8 Å². The monoisotopic (exact) mass is 239 g/mol. The molecule has 17 heavy (non-hydrogen) atoms. The van der Waals surface area contributed by atoms with Crippen LogP contribution in [-0.4, -0.2) is 62.0 Å². The molecule has 2 rings (SSSR count). The van der Waals surface area contributed by atoms with E-state index >= 15 is 0 Å². The van der Waals surface area contributed by atoms with Gasteiger partial charge in [-0.15, -0.1) is 0 Å². The van der Waals surface area contributed by atoms with Gasteiger partial charge in [0, 0.05) is 25.0 Å². The Morgan fingerprint density at radius 3 is 2.71 bits per heavy atom. The van der Waals surface area contributed by atoms with Gasteiger partial charge in [0.2, 0.25) is 5.91 Å². The van der Waals surface area contributed by atoms with E-state index in [0.717, 1.165) is 39.0 Å². The van der Waals surface area contributed by atoms with Crippen molar-refractivity contribution in [2.24, 2.45) is 11.8 Å². The van der Waals surface area contributed by atoms with Crippen LogP contribution in [0, 0.1) is 11.8 Å². The van der Waals surface area contributed by atoms with Crippen LogP contribution in [0.3, 0.4) is 0 Å². The summed E-state index contributed by atoms with van der Waals surface area (Å²) in [5.41, 5.74) is 0. The Labute approximate surface area is 104 Å². The van der Waals surface area contributed by atoms with Gasteiger partial charge in [-0.05, 0) is 45.9 Å². The van der Waals surface area contributed by atoms with Crippen LogP contribution in [0.2, 0.25) is 0 Å². The minimum atomic E-state index is 0.247. The highest BCUT2D eigenvalue weighted by atomic mass is 16.2. The standard InChI is InChI=1S/C13H25N3O/c1-10-8-14-6-4-12(10)13(17)16-7-5-11(9-16)15(2)3/h10-12,14H,4-9H2,1-3H3. The summed E-state index contributed by atoms with van der Waals surface area (Å²) in [6.45, 7) is 6.03. The maximum Gasteiger partial charge on any atom is 0.226 e. The summed E-state index contributed by atoms with van der Waals surface area (Å²) in [5, 5.41) is 3.36. The number of piperidine rings is 1. The van der Waals surface area contributed by atoms with E-state index in [9.17, 15) is 4.79 Å². The Hall–Kier alpha value is -0.610. The van der Waals surface area contributed by atoms with E-state index in [4.69, 9.17) is 0 Å². The second-order valence-corrected chi connectivity index (χ2v) is 5.77. The zero-order valence-electron chi connectivity index (χ0n) is 11.3. The average Bonchev–Trinajstić information content (AvgIpc) is 2.78. The van der Waals surface area contributed by atoms with Gasteiger partial charge in [-0.2, -0.15) is 0 Å². The van der Waals surface area contributed by atoms with Crippen molar-refractivity contribution in [1.29, 1.82) is 0 Å². The van der Waals surface area contributed by atoms with E-state index in [1.54, 1.807) is 0 Å². The van der Waals surface area contributed by atoms with Gasteiger partial charge < -0.3 is 15.1 Å². The highest BCUT2D eigenvalue weighted by Gasteiger charge is 2.34. The fourth-order valence-corrected chi connectivity index (χ4v) is 2.98. The number of rotatable bonds is 2. The van der Waals surface area contributed by atoms with Crippen LogP contribution in [0.4, 0.5) is 0 Å². The summed E-state index contributed by atoms with van der Waals surface area (Å²) in [4.78, 5) is 16.8. The van der Waals surface area contributed by atoms with Crippen molar-refractivity contribution >= 4 is 5.91 Å². The first-order chi connectivity index (χ1) is 8.09. The lowest BCUT2D eigenvalue weighted by molar-refractivity contribution is -0.137. The van der Waals surface area contributed by atoms with E-state index in [-0.39, 0.29) is 5.92 Å². The minimum Gasteiger partial charge on any atom is -0.341 e. The minimum absolute atomic E-state index is 0.247. The smallest absolute Gasteiger partial charge is 0.226 e. The SMILES string of the molecule is CC1CNCCC1C(=O)N1CCC(N(C)C)C1. The van der Waals surface area contributed by atoms with Crippen LogP contribution >= 0.6 is 0 Å². The first-order valence-corrected chi connectivity index (χ1v) is 6.75. The Bertz CT molecular complexity index is 280. The topological polar surface area (TPSA) is 35.6 Å². The molecule has 2 heterocycles. The number of hydrogen-bond donors (Lipinski definition) is 1. The molecule has 98 valence electrons. The van der Waals surface area contributed by atoms with Crippen molar-refractivity contribution in [3.8, 4) is 0 Å². The molecule has 4 nitrogen and oxygen atoms in total. The van der Waals surface area contributed by atoms with Crippen molar-refractivity contribution in [1.82, 2.24) is 15.1 Å². The maximum atomic E-state index is 12.5. The predicted molar refractivity (Wildman–Crippen MR) is 68.8 cm³/mol. The highest BCUT2D eigenvalue weighted by molar-refractivity contribution is 5.79. The molecule has 0 spiro atoms. The molecule has 1 N–H and O–H groups in total. The number of amides is 1. The van der Waals surface area contributed by atoms with Crippen molar-refractivity contribution in [2.45, 2.75) is 25.8 Å². The number of hydrogen-bond acceptors (Lipinski definition) is 3. The van der Waals surface area contributed by atoms with Gasteiger partial charge in [-0.25, -0.2) is 0 Å². The fraction of sp³-hybridized carbons (Fsp3) is 0.923. The summed E-state index contributed by atoms with van der Waals surface area (Å²) >= 11 is 0. The van der Waals surface area contributed by atoms with Crippen LogP contribution in [0.5, 0.6) is 0 Å². The second kappa shape index (κ2) is 5.36. The molecule has 1 amide bonds. The molecule has 2 aliphatic heterocycles. The molecule has 0 radical (unpaired) electrons. The van der Waals surface area contributed by atoms with E-state index in [1.165, 1.54) is 0 Å². The maximum absolute atomic E-state index is 12.5. The molecule has 0 aliphatic carbocycles. The van der Waals surface area contributed by atoms with Gasteiger partial charge in [0.1, 0.15) is 0 Å². The van der Waals surface area contributed by atoms with Gasteiger partial charge in [-0.3, -0.25) is 4.79 Å². The third kappa shape index (κ3) is 2.80. The molecule has 0 bridgehead atoms. The number of carbonyl (C=O) groups excluding carboxylic acids is 1. The molecule has 4 heteroatoms. The molecule has 2 saturated heterocycles. The lowest BCUT2D eigenvalue weighted by atomic mass is 9.87. The van der Waals surface area contributed by atoms with Crippen LogP contribution in [-0.2, 0) is 4.79 Å². The molecule has 0 aromatic carbocycles. The normalized spacial score (nSPS) is 34.4. The van der Waals surface area contributed by atoms with Gasteiger partial charge in [0.15, 0.2) is 0 Å². The Kier molecular flexibility index (Phi) is 4.05. The summed E-state index contributed by atoms with van der Waals surface area (Å²) in [6, 6.07) is 0.552. The average molecular weight is 239 g/mol. The number of nitrogens with one attached hydrogen (secondary N) is 1. The molecule has 2 fully saturated rings. The molecule has 0 saturated carbocycles. The summed E-state index contributed by atoms with van der Waals surface area (Å²) in [5.74, 6) is 1.12. The zero-order valence-corrected chi connectivity index (χ0v) is 11.3. The van der Waals surface area contributed by atoms with Gasteiger partial charge in [-0.1, -0.05) is 6.92 Å². The van der Waals surface area contributed by atoms with Gasteiger partial charge >= 0.3 is 0 Å². The number of likely N-dealkylation sites (N-methyl/N-ethyl adjacent to an activating group) is 1. The number of likely N-dealkylation sites (tertiary alicyclic amines) is 1. The Morgan fingerprint density at radius 2 is 2.12 bits per heavy atom. The molecule has 3 atom stereocenters. The number of nitrogens with zero attached hydrogens (tertiary/aromatic N) is 2. The lowest BCUT2D eigenvalue weighted by Crippen LogP contribution is -2.45. The fourth-order valence-electron chi connectivity index (χ4n) is 2.98. The Morgan fingerprint density at radius 1 is 1.35 bits per heavy atom. The summed E-state index contributed by atoms with van der Waals surface area (Å²) in [7, 11) is 4.21. The van der Waals surface area contributed by atoms with E-state index in [2.05, 4.69) is 36.1 Å². The van der Waals surface area contributed by atoms with Crippen molar-refractivity contribution < 1.29 is 4.79 Å². The van der Waals surface area contributed by atoms with Crippen molar-refractivity contribution in [2.75, 3.05) is 40.3 Å². The third-order valence-electron chi connectivity index (χ3n) is 4.31. The third-order valence-corrected chi connectivity index (χ3v) is 4.31. The molecule has 2 aliphatic rings. The van der Waals surface area contributed by atoms with E-state index in [0.29, 0.717) is 17.9 Å². The first-order valence-electron chi connectivity index (χ1n) is 6.75. The molecular weight excluding hydrogens is 214 g/mol. The van der Waals surface area contributed by atoms with Gasteiger partial charge in [0.25, 0.3) is 0 Å². The summed E-state index contributed by atoms with van der Waals surface area (Å²) < 4.78 is 0. The lowest BCUT2D eigenvalue weighted by Gasteiger charge is -2.32. The predicted octanol–water partition coefficient (Wildman–Crippen LogP) is 0.395. The van der Waals surface area contributed by atoms with Gasteiger partial charge in [0.05, 0.1) is 0 Å². The van der Waals surface area contributed by atoms with Crippen molar-refractivity contribution in [3.63, 3.8) is 0 Å². The molecule has 0 aromatic heterocycles.